The Bertz CT molecular complexity index is 870. The van der Waals surface area contributed by atoms with E-state index in [-0.39, 0.29) is 29.8 Å². The zero-order valence-electron chi connectivity index (χ0n) is 13.3. The third-order valence-corrected chi connectivity index (χ3v) is 4.42. The molecule has 1 aliphatic rings. The quantitative estimate of drug-likeness (QED) is 0.916. The van der Waals surface area contributed by atoms with Gasteiger partial charge in [-0.25, -0.2) is 9.18 Å². The van der Waals surface area contributed by atoms with Crippen molar-refractivity contribution in [3.05, 3.63) is 68.2 Å². The van der Waals surface area contributed by atoms with Gasteiger partial charge in [0.25, 0.3) is 5.56 Å². The lowest BCUT2D eigenvalue weighted by atomic mass is 10.0. The molecule has 0 saturated carbocycles. The number of nitrogens with one attached hydrogen (secondary N) is 1. The molecule has 3 rings (SSSR count). The molecular formula is C17H18FN3O3. The Balaban J connectivity index is 1.81. The molecule has 1 N–H and O–H groups in total. The van der Waals surface area contributed by atoms with Crippen LogP contribution < -0.4 is 11.2 Å². The number of nitrogens with zero attached hydrogens (tertiary/aromatic N) is 2. The Morgan fingerprint density at radius 2 is 2.00 bits per heavy atom. The lowest BCUT2D eigenvalue weighted by molar-refractivity contribution is -0.131. The third kappa shape index (κ3) is 3.02. The smallest absolute Gasteiger partial charge is 0.328 e. The number of hydrogen-bond donors (Lipinski definition) is 1. The minimum atomic E-state index is -0.512. The minimum absolute atomic E-state index is 0.0683. The van der Waals surface area contributed by atoms with Crippen LogP contribution in [0.5, 0.6) is 0 Å². The molecule has 2 heterocycles. The van der Waals surface area contributed by atoms with Gasteiger partial charge in [-0.3, -0.25) is 14.2 Å². The van der Waals surface area contributed by atoms with E-state index < -0.39 is 11.2 Å². The molecule has 1 aromatic heterocycles. The maximum absolute atomic E-state index is 13.1. The molecule has 1 aliphatic heterocycles. The molecule has 0 aliphatic carbocycles. The largest absolute Gasteiger partial charge is 0.335 e. The number of amides is 1. The van der Waals surface area contributed by atoms with Crippen LogP contribution in [0.2, 0.25) is 0 Å². The second-order valence-electron chi connectivity index (χ2n) is 5.96. The number of halogens is 1. The van der Waals surface area contributed by atoms with E-state index in [1.54, 1.807) is 17.0 Å². The van der Waals surface area contributed by atoms with E-state index in [9.17, 15) is 18.8 Å². The van der Waals surface area contributed by atoms with E-state index in [0.717, 1.165) is 23.0 Å². The van der Waals surface area contributed by atoms with E-state index in [2.05, 4.69) is 4.98 Å². The average Bonchev–Trinajstić information content (AvgIpc) is 3.06. The lowest BCUT2D eigenvalue weighted by Gasteiger charge is -2.25. The first-order valence-electron chi connectivity index (χ1n) is 7.80. The highest BCUT2D eigenvalue weighted by molar-refractivity contribution is 5.79. The minimum Gasteiger partial charge on any atom is -0.335 e. The van der Waals surface area contributed by atoms with Crippen LogP contribution in [-0.2, 0) is 18.3 Å². The van der Waals surface area contributed by atoms with Gasteiger partial charge >= 0.3 is 5.69 Å². The highest BCUT2D eigenvalue weighted by atomic mass is 19.1. The molecule has 0 spiro atoms. The summed E-state index contributed by atoms with van der Waals surface area (Å²) in [5, 5.41) is 0. The Morgan fingerprint density at radius 1 is 1.29 bits per heavy atom. The van der Waals surface area contributed by atoms with Gasteiger partial charge in [0.15, 0.2) is 0 Å². The predicted octanol–water partition coefficient (Wildman–Crippen LogP) is 1.12. The molecule has 0 bridgehead atoms. The van der Waals surface area contributed by atoms with Crippen LogP contribution in [0.3, 0.4) is 0 Å². The SMILES string of the molecule is Cn1c(=O)[nH]cc(CC(=O)N2CCC[C@H]2c2ccc(F)cc2)c1=O. The van der Waals surface area contributed by atoms with Crippen LogP contribution in [0.4, 0.5) is 4.39 Å². The summed E-state index contributed by atoms with van der Waals surface area (Å²) in [6.45, 7) is 0.602. The van der Waals surface area contributed by atoms with Crippen LogP contribution >= 0.6 is 0 Å². The summed E-state index contributed by atoms with van der Waals surface area (Å²) >= 11 is 0. The summed E-state index contributed by atoms with van der Waals surface area (Å²) in [4.78, 5) is 40.2. The summed E-state index contributed by atoms with van der Waals surface area (Å²) in [6, 6.07) is 6.03. The summed E-state index contributed by atoms with van der Waals surface area (Å²) < 4.78 is 14.0. The van der Waals surface area contributed by atoms with E-state index in [1.165, 1.54) is 25.4 Å². The van der Waals surface area contributed by atoms with Crippen LogP contribution in [0, 0.1) is 5.82 Å². The zero-order valence-corrected chi connectivity index (χ0v) is 13.3. The number of H-pyrrole nitrogens is 1. The number of carbonyl (C=O) groups is 1. The fourth-order valence-electron chi connectivity index (χ4n) is 3.10. The van der Waals surface area contributed by atoms with Gasteiger partial charge in [-0.2, -0.15) is 0 Å². The average molecular weight is 331 g/mol. The second-order valence-corrected chi connectivity index (χ2v) is 5.96. The molecule has 0 radical (unpaired) electrons. The number of likely N-dealkylation sites (tertiary alicyclic amines) is 1. The Hall–Kier alpha value is -2.70. The predicted molar refractivity (Wildman–Crippen MR) is 86.1 cm³/mol. The summed E-state index contributed by atoms with van der Waals surface area (Å²) in [5.41, 5.74) is 0.162. The molecule has 6 nitrogen and oxygen atoms in total. The molecule has 126 valence electrons. The molecule has 2 aromatic rings. The van der Waals surface area contributed by atoms with Crippen molar-refractivity contribution in [3.8, 4) is 0 Å². The molecule has 0 unspecified atom stereocenters. The van der Waals surface area contributed by atoms with Crippen molar-refractivity contribution >= 4 is 5.91 Å². The van der Waals surface area contributed by atoms with Gasteiger partial charge in [-0.1, -0.05) is 12.1 Å². The van der Waals surface area contributed by atoms with Crippen LogP contribution in [0.1, 0.15) is 30.0 Å². The summed E-state index contributed by atoms with van der Waals surface area (Å²) in [7, 11) is 1.37. The molecule has 1 fully saturated rings. The molecule has 24 heavy (non-hydrogen) atoms. The van der Waals surface area contributed by atoms with Gasteiger partial charge in [0, 0.05) is 25.4 Å². The van der Waals surface area contributed by atoms with Crippen molar-refractivity contribution in [2.45, 2.75) is 25.3 Å². The van der Waals surface area contributed by atoms with Gasteiger partial charge in [0.05, 0.1) is 12.5 Å². The maximum atomic E-state index is 13.1. The molecule has 1 atom stereocenters. The number of rotatable bonds is 3. The van der Waals surface area contributed by atoms with Crippen molar-refractivity contribution in [2.75, 3.05) is 6.54 Å². The van der Waals surface area contributed by atoms with Crippen molar-refractivity contribution in [1.29, 1.82) is 0 Å². The number of carbonyl (C=O) groups excluding carboxylic acids is 1. The van der Waals surface area contributed by atoms with Crippen LogP contribution in [0.25, 0.3) is 0 Å². The third-order valence-electron chi connectivity index (χ3n) is 4.42. The first-order chi connectivity index (χ1) is 11.5. The number of aromatic nitrogens is 2. The number of hydrogen-bond acceptors (Lipinski definition) is 3. The van der Waals surface area contributed by atoms with Gasteiger partial charge in [0.1, 0.15) is 5.82 Å². The highest BCUT2D eigenvalue weighted by Crippen LogP contribution is 2.32. The second kappa shape index (κ2) is 6.43. The lowest BCUT2D eigenvalue weighted by Crippen LogP contribution is -2.38. The number of benzene rings is 1. The van der Waals surface area contributed by atoms with Crippen molar-refractivity contribution in [2.24, 2.45) is 7.05 Å². The molecular weight excluding hydrogens is 313 g/mol. The van der Waals surface area contributed by atoms with Gasteiger partial charge in [-0.15, -0.1) is 0 Å². The van der Waals surface area contributed by atoms with Crippen molar-refractivity contribution < 1.29 is 9.18 Å². The van der Waals surface area contributed by atoms with Crippen molar-refractivity contribution in [1.82, 2.24) is 14.5 Å². The topological polar surface area (TPSA) is 75.2 Å². The fourth-order valence-corrected chi connectivity index (χ4v) is 3.10. The Kier molecular flexibility index (Phi) is 4.33. The van der Waals surface area contributed by atoms with Crippen LogP contribution in [-0.4, -0.2) is 26.9 Å². The monoisotopic (exact) mass is 331 g/mol. The Labute approximate surface area is 137 Å². The summed E-state index contributed by atoms with van der Waals surface area (Å²) in [6.07, 6.45) is 2.89. The number of aromatic amines is 1. The van der Waals surface area contributed by atoms with E-state index >= 15 is 0 Å². The molecule has 1 saturated heterocycles. The maximum Gasteiger partial charge on any atom is 0.328 e. The Morgan fingerprint density at radius 3 is 2.71 bits per heavy atom. The normalized spacial score (nSPS) is 17.2. The van der Waals surface area contributed by atoms with E-state index in [4.69, 9.17) is 0 Å². The van der Waals surface area contributed by atoms with Gasteiger partial charge < -0.3 is 9.88 Å². The van der Waals surface area contributed by atoms with Gasteiger partial charge in [0.2, 0.25) is 5.91 Å². The van der Waals surface area contributed by atoms with Crippen LogP contribution in [0.15, 0.2) is 40.1 Å². The first kappa shape index (κ1) is 16.2. The fraction of sp³-hybridized carbons (Fsp3) is 0.353. The van der Waals surface area contributed by atoms with Gasteiger partial charge in [-0.05, 0) is 30.5 Å². The molecule has 7 heteroatoms. The molecule has 1 aromatic carbocycles. The zero-order chi connectivity index (χ0) is 17.3. The van der Waals surface area contributed by atoms with Crippen molar-refractivity contribution in [3.63, 3.8) is 0 Å². The molecule has 1 amide bonds. The highest BCUT2D eigenvalue weighted by Gasteiger charge is 2.30. The summed E-state index contributed by atoms with van der Waals surface area (Å²) in [5.74, 6) is -0.489. The van der Waals surface area contributed by atoms with E-state index in [1.807, 2.05) is 0 Å². The standard InChI is InChI=1S/C17H18FN3O3/c1-20-16(23)12(10-19-17(20)24)9-15(22)21-8-2-3-14(21)11-4-6-13(18)7-5-11/h4-7,10,14H,2-3,8-9H2,1H3,(H,19,24)/t14-/m0/s1. The first-order valence-corrected chi connectivity index (χ1v) is 7.80. The van der Waals surface area contributed by atoms with E-state index in [0.29, 0.717) is 6.54 Å².